The lowest BCUT2D eigenvalue weighted by molar-refractivity contribution is 0.415. The number of rotatable bonds is 4. The molecule has 0 fully saturated rings. The second kappa shape index (κ2) is 5.02. The Bertz CT molecular complexity index is 543. The molecule has 1 aromatic heterocycles. The Morgan fingerprint density at radius 2 is 2.06 bits per heavy atom. The topological polar surface area (TPSA) is 51.0 Å². The molecule has 0 aliphatic rings. The van der Waals surface area contributed by atoms with Crippen molar-refractivity contribution in [3.63, 3.8) is 0 Å². The maximum Gasteiger partial charge on any atom is 0.119 e. The minimum Gasteiger partial charge on any atom is -0.497 e. The highest BCUT2D eigenvalue weighted by molar-refractivity contribution is 5.88. The Balaban J connectivity index is 2.61. The zero-order chi connectivity index (χ0) is 13.3. The van der Waals surface area contributed by atoms with E-state index in [1.165, 1.54) is 22.0 Å². The van der Waals surface area contributed by atoms with E-state index in [0.717, 1.165) is 5.75 Å². The Hall–Kier alpha value is -1.48. The fourth-order valence-corrected chi connectivity index (χ4v) is 2.58. The van der Waals surface area contributed by atoms with E-state index < -0.39 is 0 Å². The summed E-state index contributed by atoms with van der Waals surface area (Å²) < 4.78 is 5.36. The van der Waals surface area contributed by atoms with Crippen molar-refractivity contribution in [1.29, 1.82) is 0 Å². The van der Waals surface area contributed by atoms with Crippen molar-refractivity contribution in [1.82, 2.24) is 4.98 Å². The molecule has 3 nitrogen and oxygen atoms in total. The number of hydrogen-bond donors (Lipinski definition) is 2. The third kappa shape index (κ3) is 2.10. The van der Waals surface area contributed by atoms with Crippen molar-refractivity contribution in [2.24, 2.45) is 11.7 Å². The van der Waals surface area contributed by atoms with E-state index in [-0.39, 0.29) is 0 Å². The molecule has 0 saturated carbocycles. The summed E-state index contributed by atoms with van der Waals surface area (Å²) >= 11 is 0. The predicted molar refractivity (Wildman–Crippen MR) is 76.2 cm³/mol. The molecule has 0 amide bonds. The van der Waals surface area contributed by atoms with Crippen LogP contribution in [0.25, 0.3) is 10.9 Å². The lowest BCUT2D eigenvalue weighted by Gasteiger charge is -2.18. The second-order valence-electron chi connectivity index (χ2n) is 5.20. The van der Waals surface area contributed by atoms with Crippen LogP contribution in [0.2, 0.25) is 0 Å². The highest BCUT2D eigenvalue weighted by Crippen LogP contribution is 2.33. The van der Waals surface area contributed by atoms with E-state index in [9.17, 15) is 0 Å². The van der Waals surface area contributed by atoms with Gasteiger partial charge >= 0.3 is 0 Å². The molecule has 0 saturated heterocycles. The summed E-state index contributed by atoms with van der Waals surface area (Å²) in [5, 5.41) is 1.23. The van der Waals surface area contributed by atoms with E-state index in [0.29, 0.717) is 18.4 Å². The van der Waals surface area contributed by atoms with E-state index in [4.69, 9.17) is 10.5 Å². The number of nitrogens with one attached hydrogen (secondary N) is 1. The van der Waals surface area contributed by atoms with Gasteiger partial charge in [-0.1, -0.05) is 13.8 Å². The number of nitrogens with two attached hydrogens (primary N) is 1. The molecular formula is C15H22N2O. The first-order valence-corrected chi connectivity index (χ1v) is 6.44. The van der Waals surface area contributed by atoms with E-state index in [1.54, 1.807) is 7.11 Å². The van der Waals surface area contributed by atoms with Crippen LogP contribution in [0.5, 0.6) is 5.75 Å². The van der Waals surface area contributed by atoms with Crippen LogP contribution < -0.4 is 10.5 Å². The van der Waals surface area contributed by atoms with Gasteiger partial charge in [-0.2, -0.15) is 0 Å². The number of aromatic nitrogens is 1. The zero-order valence-electron chi connectivity index (χ0n) is 11.6. The molecule has 0 aliphatic carbocycles. The zero-order valence-corrected chi connectivity index (χ0v) is 11.6. The first-order valence-electron chi connectivity index (χ1n) is 6.44. The van der Waals surface area contributed by atoms with Crippen LogP contribution in [0.4, 0.5) is 0 Å². The van der Waals surface area contributed by atoms with Crippen LogP contribution >= 0.6 is 0 Å². The smallest absolute Gasteiger partial charge is 0.119 e. The van der Waals surface area contributed by atoms with Crippen molar-refractivity contribution in [2.75, 3.05) is 13.7 Å². The molecule has 1 aromatic carbocycles. The molecule has 1 heterocycles. The number of fused-ring (bicyclic) bond motifs is 1. The second-order valence-corrected chi connectivity index (χ2v) is 5.20. The molecule has 1 atom stereocenters. The number of methoxy groups -OCH3 is 1. The molecule has 3 N–H and O–H groups in total. The van der Waals surface area contributed by atoms with Crippen molar-refractivity contribution in [3.05, 3.63) is 29.5 Å². The SMILES string of the molecule is COc1cc(C)c2[nH]cc(C(CN)C(C)C)c2c1. The summed E-state index contributed by atoms with van der Waals surface area (Å²) in [5.74, 6) is 1.81. The van der Waals surface area contributed by atoms with Crippen LogP contribution in [0.3, 0.4) is 0 Å². The van der Waals surface area contributed by atoms with Crippen molar-refractivity contribution in [2.45, 2.75) is 26.7 Å². The third-order valence-electron chi connectivity index (χ3n) is 3.69. The molecule has 98 valence electrons. The van der Waals surface area contributed by atoms with Crippen LogP contribution in [-0.4, -0.2) is 18.6 Å². The van der Waals surface area contributed by atoms with E-state index in [1.807, 2.05) is 0 Å². The number of aryl methyl sites for hydroxylation is 1. The van der Waals surface area contributed by atoms with Crippen LogP contribution in [0.15, 0.2) is 18.3 Å². The number of hydrogen-bond acceptors (Lipinski definition) is 2. The predicted octanol–water partition coefficient (Wildman–Crippen LogP) is 3.18. The van der Waals surface area contributed by atoms with Crippen molar-refractivity contribution < 1.29 is 4.74 Å². The van der Waals surface area contributed by atoms with Crippen molar-refractivity contribution in [3.8, 4) is 5.75 Å². The Morgan fingerprint density at radius 1 is 1.33 bits per heavy atom. The van der Waals surface area contributed by atoms with Gasteiger partial charge in [0.05, 0.1) is 7.11 Å². The van der Waals surface area contributed by atoms with E-state index in [2.05, 4.69) is 44.1 Å². The number of benzene rings is 1. The van der Waals surface area contributed by atoms with Gasteiger partial charge in [-0.3, -0.25) is 0 Å². The first kappa shape index (κ1) is 13.0. The fourth-order valence-electron chi connectivity index (χ4n) is 2.58. The van der Waals surface area contributed by atoms with Gasteiger partial charge in [-0.15, -0.1) is 0 Å². The molecule has 0 radical (unpaired) electrons. The molecular weight excluding hydrogens is 224 g/mol. The van der Waals surface area contributed by atoms with Crippen LogP contribution in [-0.2, 0) is 0 Å². The van der Waals surface area contributed by atoms with Gasteiger partial charge in [0.2, 0.25) is 0 Å². The summed E-state index contributed by atoms with van der Waals surface area (Å²) in [4.78, 5) is 3.37. The van der Waals surface area contributed by atoms with Gasteiger partial charge in [-0.25, -0.2) is 0 Å². The molecule has 0 aliphatic heterocycles. The first-order chi connectivity index (χ1) is 8.58. The van der Waals surface area contributed by atoms with E-state index >= 15 is 0 Å². The number of ether oxygens (including phenoxy) is 1. The average molecular weight is 246 g/mol. The van der Waals surface area contributed by atoms with Gasteiger partial charge in [-0.05, 0) is 42.6 Å². The summed E-state index contributed by atoms with van der Waals surface area (Å²) in [7, 11) is 1.70. The molecule has 2 rings (SSSR count). The minimum atomic E-state index is 0.380. The average Bonchev–Trinajstić information content (AvgIpc) is 2.74. The Labute approximate surface area is 108 Å². The maximum atomic E-state index is 5.92. The summed E-state index contributed by atoms with van der Waals surface area (Å²) in [6.07, 6.45) is 2.09. The van der Waals surface area contributed by atoms with Gasteiger partial charge in [0.1, 0.15) is 5.75 Å². The third-order valence-corrected chi connectivity index (χ3v) is 3.69. The standard InChI is InChI=1S/C15H22N2O/c1-9(2)13(7-16)14-8-17-15-10(3)5-11(18-4)6-12(14)15/h5-6,8-9,13,17H,7,16H2,1-4H3. The Kier molecular flexibility index (Phi) is 3.62. The highest BCUT2D eigenvalue weighted by atomic mass is 16.5. The number of H-pyrrole nitrogens is 1. The molecule has 2 aromatic rings. The molecule has 3 heteroatoms. The quantitative estimate of drug-likeness (QED) is 0.870. The summed E-state index contributed by atoms with van der Waals surface area (Å²) in [5.41, 5.74) is 9.60. The van der Waals surface area contributed by atoms with Crippen molar-refractivity contribution >= 4 is 10.9 Å². The van der Waals surface area contributed by atoms with Gasteiger partial charge < -0.3 is 15.5 Å². The molecule has 1 unspecified atom stereocenters. The largest absolute Gasteiger partial charge is 0.497 e. The summed E-state index contributed by atoms with van der Waals surface area (Å²) in [6.45, 7) is 7.19. The maximum absolute atomic E-state index is 5.92. The molecule has 0 spiro atoms. The van der Waals surface area contributed by atoms with Gasteiger partial charge in [0.25, 0.3) is 0 Å². The van der Waals surface area contributed by atoms with Crippen LogP contribution in [0, 0.1) is 12.8 Å². The highest BCUT2D eigenvalue weighted by Gasteiger charge is 2.19. The molecule has 18 heavy (non-hydrogen) atoms. The lowest BCUT2D eigenvalue weighted by Crippen LogP contribution is -2.17. The molecule has 0 bridgehead atoms. The van der Waals surface area contributed by atoms with Gasteiger partial charge in [0, 0.05) is 23.0 Å². The normalized spacial score (nSPS) is 13.2. The lowest BCUT2D eigenvalue weighted by atomic mass is 9.88. The van der Waals surface area contributed by atoms with Gasteiger partial charge in [0.15, 0.2) is 0 Å². The number of aromatic amines is 1. The van der Waals surface area contributed by atoms with Crippen LogP contribution in [0.1, 0.15) is 30.9 Å². The summed E-state index contributed by atoms with van der Waals surface area (Å²) in [6, 6.07) is 4.15. The monoisotopic (exact) mass is 246 g/mol. The minimum absolute atomic E-state index is 0.380. The Morgan fingerprint density at radius 3 is 2.61 bits per heavy atom. The fraction of sp³-hybridized carbons (Fsp3) is 0.467.